The summed E-state index contributed by atoms with van der Waals surface area (Å²) >= 11 is 0. The molecular weight excluding hydrogens is 288 g/mol. The molecule has 130 valence electrons. The molecule has 1 amide bonds. The summed E-state index contributed by atoms with van der Waals surface area (Å²) in [6.45, 7) is 7.13. The normalized spacial score (nSPS) is 32.0. The molecule has 0 saturated carbocycles. The maximum absolute atomic E-state index is 12.0. The summed E-state index contributed by atoms with van der Waals surface area (Å²) in [7, 11) is 1.63. The third-order valence-corrected chi connectivity index (χ3v) is 3.71. The van der Waals surface area contributed by atoms with Crippen molar-refractivity contribution in [3.63, 3.8) is 0 Å². The van der Waals surface area contributed by atoms with Gasteiger partial charge in [0.1, 0.15) is 18.2 Å². The summed E-state index contributed by atoms with van der Waals surface area (Å²) in [6, 6.07) is -0.424. The van der Waals surface area contributed by atoms with Gasteiger partial charge in [-0.25, -0.2) is 0 Å². The first-order valence-electron chi connectivity index (χ1n) is 8.03. The number of nitrogens with two attached hydrogens (primary N) is 1. The lowest BCUT2D eigenvalue weighted by atomic mass is 9.94. The van der Waals surface area contributed by atoms with Gasteiger partial charge >= 0.3 is 0 Å². The fourth-order valence-electron chi connectivity index (χ4n) is 2.76. The molecule has 1 heterocycles. The summed E-state index contributed by atoms with van der Waals surface area (Å²) in [5, 5.41) is 2.92. The van der Waals surface area contributed by atoms with Crippen LogP contribution in [0.4, 0.5) is 0 Å². The number of nitrogens with one attached hydrogen (secondary N) is 1. The molecule has 0 aromatic carbocycles. The van der Waals surface area contributed by atoms with Gasteiger partial charge in [0.15, 0.2) is 6.29 Å². The summed E-state index contributed by atoms with van der Waals surface area (Å²) < 4.78 is 23.1. The van der Waals surface area contributed by atoms with E-state index in [1.807, 2.05) is 20.8 Å². The average molecular weight is 318 g/mol. The highest BCUT2D eigenvalue weighted by molar-refractivity contribution is 5.76. The van der Waals surface area contributed by atoms with E-state index in [4.69, 9.17) is 24.7 Å². The third-order valence-electron chi connectivity index (χ3n) is 3.71. The molecule has 5 atom stereocenters. The predicted octanol–water partition coefficient (Wildman–Crippen LogP) is 0.412. The molecule has 1 aliphatic rings. The lowest BCUT2D eigenvalue weighted by Gasteiger charge is -2.45. The average Bonchev–Trinajstić information content (AvgIpc) is 2.50. The Hall–Kier alpha value is -0.730. The Labute approximate surface area is 132 Å². The van der Waals surface area contributed by atoms with Crippen molar-refractivity contribution in [2.75, 3.05) is 26.9 Å². The van der Waals surface area contributed by atoms with Crippen LogP contribution in [0.2, 0.25) is 0 Å². The van der Waals surface area contributed by atoms with Gasteiger partial charge in [-0.3, -0.25) is 4.79 Å². The van der Waals surface area contributed by atoms with Gasteiger partial charge in [0.05, 0.1) is 6.10 Å². The molecule has 7 nitrogen and oxygen atoms in total. The Morgan fingerprint density at radius 3 is 2.36 bits per heavy atom. The first kappa shape index (κ1) is 19.3. The molecule has 3 N–H and O–H groups in total. The number of carbonyl (C=O) groups is 1. The minimum absolute atomic E-state index is 0.138. The standard InChI is InChI=1S/C15H30N2O5/c1-5-10-13(19-4)14(20-6-2)12(15(22-10)21-7-3)17-11(18)8-9-16/h10,12-15H,5-9,16H2,1-4H3,(H,17,18)/t10?,12?,13-,14-,15?/m1/s1. The van der Waals surface area contributed by atoms with Gasteiger partial charge in [-0.2, -0.15) is 0 Å². The van der Waals surface area contributed by atoms with Crippen molar-refractivity contribution in [2.24, 2.45) is 5.73 Å². The van der Waals surface area contributed by atoms with E-state index in [2.05, 4.69) is 5.32 Å². The van der Waals surface area contributed by atoms with Crippen LogP contribution in [0, 0.1) is 0 Å². The lowest BCUT2D eigenvalue weighted by Crippen LogP contribution is -2.65. The van der Waals surface area contributed by atoms with Gasteiger partial charge in [0.25, 0.3) is 0 Å². The van der Waals surface area contributed by atoms with E-state index in [1.165, 1.54) is 0 Å². The van der Waals surface area contributed by atoms with Gasteiger partial charge in [-0.1, -0.05) is 6.92 Å². The van der Waals surface area contributed by atoms with Crippen LogP contribution in [0.25, 0.3) is 0 Å². The quantitative estimate of drug-likeness (QED) is 0.640. The van der Waals surface area contributed by atoms with Crippen LogP contribution in [0.15, 0.2) is 0 Å². The van der Waals surface area contributed by atoms with Gasteiger partial charge < -0.3 is 30.0 Å². The van der Waals surface area contributed by atoms with Crippen LogP contribution in [0.1, 0.15) is 33.6 Å². The Balaban J connectivity index is 2.96. The summed E-state index contributed by atoms with van der Waals surface area (Å²) in [4.78, 5) is 12.0. The molecule has 0 spiro atoms. The molecule has 1 rings (SSSR count). The van der Waals surface area contributed by atoms with Crippen molar-refractivity contribution < 1.29 is 23.7 Å². The van der Waals surface area contributed by atoms with Gasteiger partial charge in [-0.05, 0) is 20.3 Å². The van der Waals surface area contributed by atoms with E-state index in [1.54, 1.807) is 7.11 Å². The molecule has 0 radical (unpaired) electrons. The van der Waals surface area contributed by atoms with E-state index in [0.717, 1.165) is 6.42 Å². The Morgan fingerprint density at radius 2 is 1.86 bits per heavy atom. The van der Waals surface area contributed by atoms with E-state index in [0.29, 0.717) is 19.8 Å². The Bertz CT molecular complexity index is 329. The number of methoxy groups -OCH3 is 1. The number of rotatable bonds is 9. The molecule has 22 heavy (non-hydrogen) atoms. The lowest BCUT2D eigenvalue weighted by molar-refractivity contribution is -0.274. The zero-order chi connectivity index (χ0) is 16.5. The molecule has 0 bridgehead atoms. The summed E-state index contributed by atoms with van der Waals surface area (Å²) in [5.74, 6) is -0.143. The summed E-state index contributed by atoms with van der Waals surface area (Å²) in [5.41, 5.74) is 5.44. The van der Waals surface area contributed by atoms with Crippen LogP contribution in [0.5, 0.6) is 0 Å². The second kappa shape index (κ2) is 10.1. The van der Waals surface area contributed by atoms with Gasteiger partial charge in [-0.15, -0.1) is 0 Å². The van der Waals surface area contributed by atoms with E-state index in [-0.39, 0.29) is 30.6 Å². The van der Waals surface area contributed by atoms with Crippen molar-refractivity contribution in [3.05, 3.63) is 0 Å². The number of hydrogen-bond acceptors (Lipinski definition) is 6. The highest BCUT2D eigenvalue weighted by Gasteiger charge is 2.47. The number of amides is 1. The van der Waals surface area contributed by atoms with Crippen LogP contribution in [0.3, 0.4) is 0 Å². The van der Waals surface area contributed by atoms with E-state index >= 15 is 0 Å². The van der Waals surface area contributed by atoms with Gasteiger partial charge in [0, 0.05) is 33.3 Å². The zero-order valence-electron chi connectivity index (χ0n) is 14.0. The molecule has 0 aromatic heterocycles. The van der Waals surface area contributed by atoms with Crippen molar-refractivity contribution in [3.8, 4) is 0 Å². The zero-order valence-corrected chi connectivity index (χ0v) is 14.0. The highest BCUT2D eigenvalue weighted by Crippen LogP contribution is 2.28. The molecule has 1 aliphatic heterocycles. The fourth-order valence-corrected chi connectivity index (χ4v) is 2.76. The minimum Gasteiger partial charge on any atom is -0.376 e. The molecule has 0 aliphatic carbocycles. The maximum atomic E-state index is 12.0. The first-order chi connectivity index (χ1) is 10.6. The van der Waals surface area contributed by atoms with Crippen LogP contribution < -0.4 is 11.1 Å². The topological polar surface area (TPSA) is 92.0 Å². The minimum atomic E-state index is -0.556. The summed E-state index contributed by atoms with van der Waals surface area (Å²) in [6.07, 6.45) is -0.254. The van der Waals surface area contributed by atoms with E-state index in [9.17, 15) is 4.79 Å². The molecule has 1 fully saturated rings. The monoisotopic (exact) mass is 318 g/mol. The fraction of sp³-hybridized carbons (Fsp3) is 0.933. The number of hydrogen-bond donors (Lipinski definition) is 2. The Kier molecular flexibility index (Phi) is 8.89. The predicted molar refractivity (Wildman–Crippen MR) is 82.4 cm³/mol. The highest BCUT2D eigenvalue weighted by atomic mass is 16.7. The third kappa shape index (κ3) is 4.89. The smallest absolute Gasteiger partial charge is 0.221 e. The molecule has 0 aromatic rings. The number of carbonyl (C=O) groups excluding carboxylic acids is 1. The van der Waals surface area contributed by atoms with Crippen molar-refractivity contribution in [1.29, 1.82) is 0 Å². The van der Waals surface area contributed by atoms with E-state index < -0.39 is 12.3 Å². The number of ether oxygens (including phenoxy) is 4. The molecule has 1 saturated heterocycles. The molecule has 7 heteroatoms. The van der Waals surface area contributed by atoms with Gasteiger partial charge in [0.2, 0.25) is 5.91 Å². The van der Waals surface area contributed by atoms with Crippen LogP contribution in [-0.4, -0.2) is 63.4 Å². The van der Waals surface area contributed by atoms with Crippen molar-refractivity contribution in [1.82, 2.24) is 5.32 Å². The maximum Gasteiger partial charge on any atom is 0.221 e. The largest absolute Gasteiger partial charge is 0.376 e. The van der Waals surface area contributed by atoms with Crippen LogP contribution in [-0.2, 0) is 23.7 Å². The SMILES string of the molecule is CCOC1OC(CC)[C@@H](OC)[C@H](OCC)C1NC(=O)CCN. The first-order valence-corrected chi connectivity index (χ1v) is 8.03. The molecule has 3 unspecified atom stereocenters. The molecular formula is C15H30N2O5. The van der Waals surface area contributed by atoms with Crippen molar-refractivity contribution >= 4 is 5.91 Å². The second-order valence-electron chi connectivity index (χ2n) is 5.16. The second-order valence-corrected chi connectivity index (χ2v) is 5.16. The van der Waals surface area contributed by atoms with Crippen molar-refractivity contribution in [2.45, 2.75) is 64.3 Å². The van der Waals surface area contributed by atoms with Crippen LogP contribution >= 0.6 is 0 Å². The Morgan fingerprint density at radius 1 is 1.18 bits per heavy atom.